The van der Waals surface area contributed by atoms with Crippen LogP contribution in [0.2, 0.25) is 0 Å². The van der Waals surface area contributed by atoms with Crippen molar-refractivity contribution in [3.63, 3.8) is 0 Å². The summed E-state index contributed by atoms with van der Waals surface area (Å²) in [5.74, 6) is 1.79. The summed E-state index contributed by atoms with van der Waals surface area (Å²) in [7, 11) is 0. The van der Waals surface area contributed by atoms with Gasteiger partial charge in [-0.15, -0.1) is 0 Å². The van der Waals surface area contributed by atoms with Crippen molar-refractivity contribution < 1.29 is 9.47 Å². The van der Waals surface area contributed by atoms with Gasteiger partial charge in [0.2, 0.25) is 0 Å². The quantitative estimate of drug-likeness (QED) is 0.509. The molecule has 0 aliphatic heterocycles. The molecule has 0 aromatic heterocycles. The minimum absolute atomic E-state index is 0.0104. The van der Waals surface area contributed by atoms with Gasteiger partial charge in [-0.3, -0.25) is 0 Å². The van der Waals surface area contributed by atoms with E-state index >= 15 is 0 Å². The van der Waals surface area contributed by atoms with E-state index in [0.717, 1.165) is 46.6 Å². The Morgan fingerprint density at radius 2 is 1.00 bits per heavy atom. The molecule has 28 heavy (non-hydrogen) atoms. The van der Waals surface area contributed by atoms with Gasteiger partial charge in [-0.25, -0.2) is 0 Å². The molecule has 2 aromatic rings. The van der Waals surface area contributed by atoms with Crippen LogP contribution in [-0.2, 0) is 10.8 Å². The van der Waals surface area contributed by atoms with Crippen LogP contribution >= 0.6 is 0 Å². The molecule has 152 valence electrons. The molecule has 0 spiro atoms. The predicted molar refractivity (Wildman–Crippen MR) is 119 cm³/mol. The topological polar surface area (TPSA) is 18.5 Å². The Hall–Kier alpha value is -1.96. The molecule has 0 aliphatic rings. The maximum Gasteiger partial charge on any atom is 0.120 e. The van der Waals surface area contributed by atoms with Crippen LogP contribution in [0.4, 0.5) is 0 Å². The van der Waals surface area contributed by atoms with Crippen molar-refractivity contribution in [2.75, 3.05) is 13.2 Å². The number of benzene rings is 2. The van der Waals surface area contributed by atoms with Crippen molar-refractivity contribution in [2.45, 2.75) is 79.1 Å². The zero-order valence-corrected chi connectivity index (χ0v) is 19.0. The fraction of sp³-hybridized carbons (Fsp3) is 0.538. The summed E-state index contributed by atoms with van der Waals surface area (Å²) in [5.41, 5.74) is 4.27. The Morgan fingerprint density at radius 3 is 1.29 bits per heavy atom. The third-order valence-electron chi connectivity index (χ3n) is 4.54. The molecule has 0 amide bonds. The molecule has 2 radical (unpaired) electrons. The maximum atomic E-state index is 5.98. The van der Waals surface area contributed by atoms with Gasteiger partial charge in [0, 0.05) is 0 Å². The van der Waals surface area contributed by atoms with Gasteiger partial charge in [0.05, 0.1) is 13.2 Å². The molecular weight excluding hydrogens is 344 g/mol. The monoisotopic (exact) mass is 380 g/mol. The molecule has 0 heterocycles. The fourth-order valence-electron chi connectivity index (χ4n) is 2.79. The molecule has 0 saturated carbocycles. The highest BCUT2D eigenvalue weighted by atomic mass is 16.5. The van der Waals surface area contributed by atoms with Gasteiger partial charge in [-0.2, -0.15) is 0 Å². The average molecular weight is 381 g/mol. The lowest BCUT2D eigenvalue weighted by Gasteiger charge is -2.23. The first-order valence-electron chi connectivity index (χ1n) is 10.5. The normalized spacial score (nSPS) is 12.1. The Kier molecular flexibility index (Phi) is 7.20. The lowest BCUT2D eigenvalue weighted by Crippen LogP contribution is -2.13. The molecule has 0 saturated heterocycles. The van der Waals surface area contributed by atoms with Crippen molar-refractivity contribution in [3.8, 4) is 22.6 Å². The molecule has 0 atom stereocenters. The summed E-state index contributed by atoms with van der Waals surface area (Å²) in [5, 5.41) is 0. The Balaban J connectivity index is 2.60. The molecule has 2 nitrogen and oxygen atoms in total. The Morgan fingerprint density at radius 1 is 0.643 bits per heavy atom. The third kappa shape index (κ3) is 6.02. The van der Waals surface area contributed by atoms with Crippen molar-refractivity contribution in [2.24, 2.45) is 0 Å². The van der Waals surface area contributed by atoms with Crippen LogP contribution in [0.3, 0.4) is 0 Å². The van der Waals surface area contributed by atoms with Crippen molar-refractivity contribution in [1.82, 2.24) is 0 Å². The van der Waals surface area contributed by atoms with Gasteiger partial charge in [-0.1, -0.05) is 55.4 Å². The van der Waals surface area contributed by atoms with Crippen LogP contribution < -0.4 is 9.47 Å². The van der Waals surface area contributed by atoms with Crippen molar-refractivity contribution in [3.05, 3.63) is 47.5 Å². The SMILES string of the molecule is CCCOc1cc(-c2[c]c(C(C)(C)C)cc(OCCC)c2)[c]c(C(C)(C)C)c1. The van der Waals surface area contributed by atoms with Crippen LogP contribution in [-0.4, -0.2) is 13.2 Å². The van der Waals surface area contributed by atoms with Crippen molar-refractivity contribution >= 4 is 0 Å². The van der Waals surface area contributed by atoms with Gasteiger partial charge < -0.3 is 9.47 Å². The summed E-state index contributed by atoms with van der Waals surface area (Å²) in [6.45, 7) is 18.9. The zero-order chi connectivity index (χ0) is 20.9. The first kappa shape index (κ1) is 22.3. The lowest BCUT2D eigenvalue weighted by atomic mass is 9.83. The number of rotatable bonds is 7. The van der Waals surface area contributed by atoms with E-state index in [9.17, 15) is 0 Å². The highest BCUT2D eigenvalue weighted by molar-refractivity contribution is 5.68. The molecule has 2 rings (SSSR count). The van der Waals surface area contributed by atoms with Crippen LogP contribution in [0.5, 0.6) is 11.5 Å². The second-order valence-electron chi connectivity index (χ2n) is 9.48. The molecule has 0 aliphatic carbocycles. The van der Waals surface area contributed by atoms with Gasteiger partial charge in [0.1, 0.15) is 11.5 Å². The molecule has 0 fully saturated rings. The first-order chi connectivity index (χ1) is 13.0. The molecule has 0 N–H and O–H groups in total. The Bertz CT molecular complexity index is 708. The fourth-order valence-corrected chi connectivity index (χ4v) is 2.79. The minimum atomic E-state index is -0.0104. The molecule has 0 bridgehead atoms. The smallest absolute Gasteiger partial charge is 0.120 e. The van der Waals surface area contributed by atoms with E-state index in [1.165, 1.54) is 0 Å². The summed E-state index contributed by atoms with van der Waals surface area (Å²) in [6.07, 6.45) is 1.97. The maximum absolute atomic E-state index is 5.98. The largest absolute Gasteiger partial charge is 0.494 e. The average Bonchev–Trinajstić information content (AvgIpc) is 2.62. The van der Waals surface area contributed by atoms with E-state index in [4.69, 9.17) is 9.47 Å². The van der Waals surface area contributed by atoms with Gasteiger partial charge >= 0.3 is 0 Å². The standard InChI is InChI=1S/C26H36O2/c1-9-11-27-23-15-19(13-21(17-23)25(3,4)5)20-14-22(26(6,7)8)18-24(16-20)28-12-10-2/h15-18H,9-12H2,1-8H3. The van der Waals surface area contributed by atoms with Crippen LogP contribution in [0, 0.1) is 12.1 Å². The van der Waals surface area contributed by atoms with E-state index in [1.54, 1.807) is 0 Å². The highest BCUT2D eigenvalue weighted by Crippen LogP contribution is 2.35. The van der Waals surface area contributed by atoms with Gasteiger partial charge in [-0.05, 0) is 82.3 Å². The zero-order valence-electron chi connectivity index (χ0n) is 19.0. The third-order valence-corrected chi connectivity index (χ3v) is 4.54. The summed E-state index contributed by atoms with van der Waals surface area (Å²) in [4.78, 5) is 0. The molecule has 0 unspecified atom stereocenters. The van der Waals surface area contributed by atoms with E-state index in [0.29, 0.717) is 13.2 Å². The van der Waals surface area contributed by atoms with Crippen LogP contribution in [0.1, 0.15) is 79.4 Å². The van der Waals surface area contributed by atoms with Crippen molar-refractivity contribution in [1.29, 1.82) is 0 Å². The summed E-state index contributed by atoms with van der Waals surface area (Å²) >= 11 is 0. The Labute approximate surface area is 172 Å². The first-order valence-corrected chi connectivity index (χ1v) is 10.5. The summed E-state index contributed by atoms with van der Waals surface area (Å²) < 4.78 is 12.0. The molecule has 2 aromatic carbocycles. The van der Waals surface area contributed by atoms with Crippen LogP contribution in [0.25, 0.3) is 11.1 Å². The predicted octanol–water partition coefficient (Wildman–Crippen LogP) is 7.13. The second kappa shape index (κ2) is 9.03. The lowest BCUT2D eigenvalue weighted by molar-refractivity contribution is 0.316. The van der Waals surface area contributed by atoms with Gasteiger partial charge in [0.15, 0.2) is 0 Å². The number of ether oxygens (including phenoxy) is 2. The minimum Gasteiger partial charge on any atom is -0.494 e. The van der Waals surface area contributed by atoms with E-state index in [1.807, 2.05) is 0 Å². The summed E-state index contributed by atoms with van der Waals surface area (Å²) in [6, 6.07) is 15.6. The van der Waals surface area contributed by atoms with E-state index in [2.05, 4.69) is 91.8 Å². The van der Waals surface area contributed by atoms with E-state index < -0.39 is 0 Å². The van der Waals surface area contributed by atoms with Gasteiger partial charge in [0.25, 0.3) is 0 Å². The van der Waals surface area contributed by atoms with Crippen LogP contribution in [0.15, 0.2) is 24.3 Å². The second-order valence-corrected chi connectivity index (χ2v) is 9.48. The molecular formula is C26H36O2. The van der Waals surface area contributed by atoms with E-state index in [-0.39, 0.29) is 10.8 Å². The number of hydrogen-bond donors (Lipinski definition) is 0. The molecule has 2 heteroatoms. The number of hydrogen-bond acceptors (Lipinski definition) is 2. The highest BCUT2D eigenvalue weighted by Gasteiger charge is 2.20.